The van der Waals surface area contributed by atoms with E-state index in [9.17, 15) is 9.18 Å². The van der Waals surface area contributed by atoms with Crippen molar-refractivity contribution in [2.24, 2.45) is 0 Å². The molecule has 0 radical (unpaired) electrons. The molecule has 1 heterocycles. The monoisotopic (exact) mass is 190 g/mol. The zero-order valence-electron chi connectivity index (χ0n) is 8.22. The Morgan fingerprint density at radius 2 is 1.69 bits per heavy atom. The second-order valence-electron chi connectivity index (χ2n) is 3.24. The molecule has 0 amide bonds. The van der Waals surface area contributed by atoms with Gasteiger partial charge in [-0.2, -0.15) is 4.39 Å². The largest absolute Gasteiger partial charge is 0.511 e. The molecular formula is C9H15FO3. The van der Waals surface area contributed by atoms with Crippen LogP contribution in [-0.4, -0.2) is 17.6 Å². The predicted molar refractivity (Wildman–Crippen MR) is 45.0 cm³/mol. The Balaban J connectivity index is 2.99. The van der Waals surface area contributed by atoms with Crippen molar-refractivity contribution in [1.82, 2.24) is 0 Å². The smallest absolute Gasteiger partial charge is 0.420 e. The van der Waals surface area contributed by atoms with E-state index in [1.54, 1.807) is 20.8 Å². The van der Waals surface area contributed by atoms with E-state index in [1.807, 2.05) is 0 Å². The third kappa shape index (κ3) is 1.28. The molecule has 1 fully saturated rings. The van der Waals surface area contributed by atoms with Crippen LogP contribution in [0, 0.1) is 0 Å². The highest BCUT2D eigenvalue weighted by Gasteiger charge is 2.61. The summed E-state index contributed by atoms with van der Waals surface area (Å²) in [4.78, 5) is 10.9. The highest BCUT2D eigenvalue weighted by molar-refractivity contribution is 5.64. The average molecular weight is 190 g/mol. The minimum Gasteiger partial charge on any atom is -0.420 e. The number of cyclic esters (lactones) is 2. The molecule has 13 heavy (non-hydrogen) atoms. The van der Waals surface area contributed by atoms with E-state index >= 15 is 0 Å². The van der Waals surface area contributed by atoms with Crippen LogP contribution < -0.4 is 0 Å². The molecule has 0 aromatic carbocycles. The summed E-state index contributed by atoms with van der Waals surface area (Å²) in [6, 6.07) is 0. The highest BCUT2D eigenvalue weighted by atomic mass is 19.2. The van der Waals surface area contributed by atoms with E-state index in [-0.39, 0.29) is 6.42 Å². The van der Waals surface area contributed by atoms with Gasteiger partial charge in [-0.25, -0.2) is 4.79 Å². The molecule has 1 aliphatic heterocycles. The van der Waals surface area contributed by atoms with Crippen LogP contribution >= 0.6 is 0 Å². The van der Waals surface area contributed by atoms with Crippen LogP contribution in [-0.2, 0) is 9.47 Å². The molecule has 76 valence electrons. The number of carbonyl (C=O) groups is 1. The molecule has 1 aliphatic rings. The van der Waals surface area contributed by atoms with Crippen molar-refractivity contribution in [2.45, 2.75) is 51.5 Å². The van der Waals surface area contributed by atoms with Gasteiger partial charge in [-0.05, 0) is 12.8 Å². The van der Waals surface area contributed by atoms with E-state index in [0.717, 1.165) is 0 Å². The molecule has 0 aromatic heterocycles. The van der Waals surface area contributed by atoms with E-state index in [1.165, 1.54) is 0 Å². The van der Waals surface area contributed by atoms with Crippen LogP contribution in [0.3, 0.4) is 0 Å². The van der Waals surface area contributed by atoms with Crippen molar-refractivity contribution in [3.05, 3.63) is 0 Å². The fourth-order valence-electron chi connectivity index (χ4n) is 1.80. The molecule has 1 unspecified atom stereocenters. The maximum Gasteiger partial charge on any atom is 0.511 e. The van der Waals surface area contributed by atoms with Gasteiger partial charge in [-0.15, -0.1) is 0 Å². The number of carbonyl (C=O) groups excluding carboxylic acids is 1. The molecule has 3 nitrogen and oxygen atoms in total. The van der Waals surface area contributed by atoms with E-state index in [0.29, 0.717) is 12.8 Å². The fourth-order valence-corrected chi connectivity index (χ4v) is 1.80. The summed E-state index contributed by atoms with van der Waals surface area (Å²) in [5, 5.41) is 0. The van der Waals surface area contributed by atoms with Crippen LogP contribution in [0.4, 0.5) is 9.18 Å². The SMILES string of the molecule is CCC1(F)OC(=O)OC1(CC)CC. The quantitative estimate of drug-likeness (QED) is 0.642. The average Bonchev–Trinajstić information content (AvgIpc) is 2.39. The number of rotatable bonds is 3. The Morgan fingerprint density at radius 3 is 2.00 bits per heavy atom. The van der Waals surface area contributed by atoms with Crippen LogP contribution in [0.25, 0.3) is 0 Å². The molecule has 0 bridgehead atoms. The van der Waals surface area contributed by atoms with Gasteiger partial charge in [0.15, 0.2) is 5.60 Å². The van der Waals surface area contributed by atoms with Gasteiger partial charge in [0, 0.05) is 6.42 Å². The van der Waals surface area contributed by atoms with Crippen molar-refractivity contribution < 1.29 is 18.7 Å². The number of alkyl halides is 1. The van der Waals surface area contributed by atoms with Crippen molar-refractivity contribution >= 4 is 6.16 Å². The third-order valence-electron chi connectivity index (χ3n) is 2.80. The van der Waals surface area contributed by atoms with Gasteiger partial charge in [0.1, 0.15) is 0 Å². The first kappa shape index (κ1) is 10.3. The minimum atomic E-state index is -1.95. The predicted octanol–water partition coefficient (Wildman–Crippen LogP) is 2.79. The van der Waals surface area contributed by atoms with Gasteiger partial charge < -0.3 is 9.47 Å². The van der Waals surface area contributed by atoms with E-state index < -0.39 is 17.6 Å². The summed E-state index contributed by atoms with van der Waals surface area (Å²) >= 11 is 0. The molecule has 1 saturated heterocycles. The van der Waals surface area contributed by atoms with E-state index in [2.05, 4.69) is 4.74 Å². The number of hydrogen-bond acceptors (Lipinski definition) is 3. The molecule has 0 N–H and O–H groups in total. The molecule has 0 aromatic rings. The van der Waals surface area contributed by atoms with Crippen LogP contribution in [0.5, 0.6) is 0 Å². The van der Waals surface area contributed by atoms with Gasteiger partial charge in [-0.1, -0.05) is 20.8 Å². The minimum absolute atomic E-state index is 0.125. The third-order valence-corrected chi connectivity index (χ3v) is 2.80. The summed E-state index contributed by atoms with van der Waals surface area (Å²) in [5.74, 6) is -1.95. The summed E-state index contributed by atoms with van der Waals surface area (Å²) in [5.41, 5.74) is -1.08. The lowest BCUT2D eigenvalue weighted by atomic mass is 9.87. The van der Waals surface area contributed by atoms with Crippen LogP contribution in [0.1, 0.15) is 40.0 Å². The second kappa shape index (κ2) is 3.16. The number of halogens is 1. The molecule has 0 aliphatic carbocycles. The van der Waals surface area contributed by atoms with Crippen molar-refractivity contribution in [2.75, 3.05) is 0 Å². The van der Waals surface area contributed by atoms with Gasteiger partial charge in [0.25, 0.3) is 5.85 Å². The molecule has 0 saturated carbocycles. The maximum absolute atomic E-state index is 14.0. The van der Waals surface area contributed by atoms with Crippen LogP contribution in [0.15, 0.2) is 0 Å². The van der Waals surface area contributed by atoms with E-state index in [4.69, 9.17) is 4.74 Å². The topological polar surface area (TPSA) is 35.5 Å². The summed E-state index contributed by atoms with van der Waals surface area (Å²) in [7, 11) is 0. The summed E-state index contributed by atoms with van der Waals surface area (Å²) in [6.07, 6.45) is 0.0904. The zero-order chi connectivity index (χ0) is 10.1. The molecule has 1 atom stereocenters. The van der Waals surface area contributed by atoms with Crippen LogP contribution in [0.2, 0.25) is 0 Å². The zero-order valence-corrected chi connectivity index (χ0v) is 8.22. The van der Waals surface area contributed by atoms with Crippen molar-refractivity contribution in [3.63, 3.8) is 0 Å². The Morgan fingerprint density at radius 1 is 1.15 bits per heavy atom. The molecular weight excluding hydrogens is 175 g/mol. The lowest BCUT2D eigenvalue weighted by molar-refractivity contribution is -0.151. The van der Waals surface area contributed by atoms with Gasteiger partial charge in [0.05, 0.1) is 0 Å². The van der Waals surface area contributed by atoms with Gasteiger partial charge in [-0.3, -0.25) is 0 Å². The Kier molecular flexibility index (Phi) is 2.50. The Bertz CT molecular complexity index is 213. The Labute approximate surface area is 77.2 Å². The Hall–Kier alpha value is -0.800. The lowest BCUT2D eigenvalue weighted by Crippen LogP contribution is -2.47. The fraction of sp³-hybridized carbons (Fsp3) is 0.889. The number of ether oxygens (including phenoxy) is 2. The normalized spacial score (nSPS) is 31.2. The van der Waals surface area contributed by atoms with Gasteiger partial charge in [0.2, 0.25) is 0 Å². The van der Waals surface area contributed by atoms with Crippen molar-refractivity contribution in [3.8, 4) is 0 Å². The standard InChI is InChI=1S/C9H15FO3/c1-4-8(5-2)9(10,6-3)13-7(11)12-8/h4-6H2,1-3H3. The second-order valence-corrected chi connectivity index (χ2v) is 3.24. The first-order valence-electron chi connectivity index (χ1n) is 4.64. The maximum atomic E-state index is 14.0. The first-order valence-corrected chi connectivity index (χ1v) is 4.64. The van der Waals surface area contributed by atoms with Gasteiger partial charge >= 0.3 is 6.16 Å². The summed E-state index contributed by atoms with van der Waals surface area (Å²) in [6.45, 7) is 5.22. The van der Waals surface area contributed by atoms with Crippen molar-refractivity contribution in [1.29, 1.82) is 0 Å². The molecule has 1 rings (SSSR count). The molecule has 4 heteroatoms. The number of hydrogen-bond donors (Lipinski definition) is 0. The molecule has 0 spiro atoms. The lowest BCUT2D eigenvalue weighted by Gasteiger charge is -2.32. The first-order chi connectivity index (χ1) is 6.03. The summed E-state index contributed by atoms with van der Waals surface area (Å²) < 4.78 is 23.5. The highest BCUT2D eigenvalue weighted by Crippen LogP contribution is 2.45.